The summed E-state index contributed by atoms with van der Waals surface area (Å²) in [7, 11) is 1.74. The third-order valence-corrected chi connectivity index (χ3v) is 6.46. The Morgan fingerprint density at radius 2 is 1.83 bits per heavy atom. The van der Waals surface area contributed by atoms with Gasteiger partial charge in [0.15, 0.2) is 0 Å². The number of rotatable bonds is 8. The molecule has 30 heavy (non-hydrogen) atoms. The molecule has 1 atom stereocenters. The molecular weight excluding hydrogens is 376 g/mol. The number of para-hydroxylation sites is 2. The second-order valence-electron chi connectivity index (χ2n) is 8.39. The maximum absolute atomic E-state index is 13.0. The highest BCUT2D eigenvalue weighted by atomic mass is 16.5. The first-order chi connectivity index (χ1) is 14.7. The molecule has 1 unspecified atom stereocenters. The van der Waals surface area contributed by atoms with E-state index in [1.165, 1.54) is 0 Å². The number of ether oxygens (including phenoxy) is 2. The monoisotopic (exact) mass is 408 g/mol. The first kappa shape index (κ1) is 20.9. The minimum absolute atomic E-state index is 0.0506. The smallest absolute Gasteiger partial charge is 0.224 e. The van der Waals surface area contributed by atoms with E-state index in [2.05, 4.69) is 34.9 Å². The van der Waals surface area contributed by atoms with Crippen LogP contribution in [-0.4, -0.2) is 39.3 Å². The molecular formula is C25H32N2O3. The molecule has 2 aromatic rings. The average Bonchev–Trinajstić information content (AvgIpc) is 2.80. The number of amides is 1. The van der Waals surface area contributed by atoms with Crippen molar-refractivity contribution in [1.82, 2.24) is 10.6 Å². The molecule has 0 radical (unpaired) electrons. The maximum Gasteiger partial charge on any atom is 0.224 e. The van der Waals surface area contributed by atoms with Crippen LogP contribution in [0.2, 0.25) is 0 Å². The molecule has 0 saturated carbocycles. The van der Waals surface area contributed by atoms with Gasteiger partial charge in [0.25, 0.3) is 0 Å². The molecule has 2 aromatic carbocycles. The highest BCUT2D eigenvalue weighted by Crippen LogP contribution is 2.50. The van der Waals surface area contributed by atoms with Gasteiger partial charge in [-0.15, -0.1) is 0 Å². The van der Waals surface area contributed by atoms with E-state index in [9.17, 15) is 4.79 Å². The van der Waals surface area contributed by atoms with Crippen molar-refractivity contribution in [3.63, 3.8) is 0 Å². The number of methoxy groups -OCH3 is 1. The second-order valence-corrected chi connectivity index (χ2v) is 8.39. The van der Waals surface area contributed by atoms with Gasteiger partial charge in [0.2, 0.25) is 5.91 Å². The van der Waals surface area contributed by atoms with E-state index in [0.29, 0.717) is 6.54 Å². The summed E-state index contributed by atoms with van der Waals surface area (Å²) in [6, 6.07) is 16.5. The van der Waals surface area contributed by atoms with Crippen molar-refractivity contribution in [2.45, 2.75) is 37.5 Å². The van der Waals surface area contributed by atoms with Crippen LogP contribution in [0.15, 0.2) is 48.5 Å². The lowest BCUT2D eigenvalue weighted by molar-refractivity contribution is -0.125. The van der Waals surface area contributed by atoms with Crippen LogP contribution < -0.4 is 15.4 Å². The Labute approximate surface area is 179 Å². The van der Waals surface area contributed by atoms with Gasteiger partial charge < -0.3 is 20.1 Å². The molecule has 2 N–H and O–H groups in total. The van der Waals surface area contributed by atoms with Crippen molar-refractivity contribution in [2.24, 2.45) is 5.92 Å². The Balaban J connectivity index is 1.66. The van der Waals surface area contributed by atoms with Crippen molar-refractivity contribution in [3.8, 4) is 11.5 Å². The Bertz CT molecular complexity index is 815. The molecule has 5 nitrogen and oxygen atoms in total. The molecule has 1 saturated heterocycles. The van der Waals surface area contributed by atoms with Crippen LogP contribution in [0, 0.1) is 5.92 Å². The summed E-state index contributed by atoms with van der Waals surface area (Å²) in [5.74, 6) is 1.97. The fraction of sp³-hybridized carbons (Fsp3) is 0.480. The van der Waals surface area contributed by atoms with Crippen molar-refractivity contribution in [3.05, 3.63) is 59.7 Å². The number of hydrogen-bond donors (Lipinski definition) is 2. The van der Waals surface area contributed by atoms with Gasteiger partial charge in [-0.1, -0.05) is 36.4 Å². The molecule has 2 aliphatic heterocycles. The van der Waals surface area contributed by atoms with Gasteiger partial charge in [-0.3, -0.25) is 4.79 Å². The fourth-order valence-electron chi connectivity index (χ4n) is 4.84. The van der Waals surface area contributed by atoms with Crippen molar-refractivity contribution in [1.29, 1.82) is 0 Å². The zero-order valence-electron chi connectivity index (χ0n) is 17.8. The van der Waals surface area contributed by atoms with Gasteiger partial charge >= 0.3 is 0 Å². The summed E-state index contributed by atoms with van der Waals surface area (Å²) < 4.78 is 11.5. The number of benzene rings is 2. The van der Waals surface area contributed by atoms with E-state index in [0.717, 1.165) is 74.4 Å². The summed E-state index contributed by atoms with van der Waals surface area (Å²) in [4.78, 5) is 13.0. The molecule has 0 aliphatic carbocycles. The lowest BCUT2D eigenvalue weighted by Crippen LogP contribution is -2.47. The van der Waals surface area contributed by atoms with E-state index in [1.54, 1.807) is 7.11 Å². The molecule has 160 valence electrons. The van der Waals surface area contributed by atoms with Crippen molar-refractivity contribution < 1.29 is 14.3 Å². The zero-order chi connectivity index (χ0) is 20.8. The quantitative estimate of drug-likeness (QED) is 0.648. The molecule has 0 spiro atoms. The molecule has 1 amide bonds. The topological polar surface area (TPSA) is 59.6 Å². The predicted molar refractivity (Wildman–Crippen MR) is 118 cm³/mol. The summed E-state index contributed by atoms with van der Waals surface area (Å²) in [6.45, 7) is 3.09. The minimum atomic E-state index is -0.309. The summed E-state index contributed by atoms with van der Waals surface area (Å²) in [5.41, 5.74) is 2.00. The molecule has 0 aromatic heterocycles. The number of carbonyl (C=O) groups excluding carboxylic acids is 1. The highest BCUT2D eigenvalue weighted by Gasteiger charge is 2.42. The zero-order valence-corrected chi connectivity index (χ0v) is 17.8. The molecule has 2 aliphatic rings. The van der Waals surface area contributed by atoms with Crippen molar-refractivity contribution >= 4 is 5.91 Å². The van der Waals surface area contributed by atoms with Crippen LogP contribution in [0.5, 0.6) is 11.5 Å². The van der Waals surface area contributed by atoms with E-state index >= 15 is 0 Å². The van der Waals surface area contributed by atoms with Gasteiger partial charge in [-0.25, -0.2) is 0 Å². The first-order valence-electron chi connectivity index (χ1n) is 11.1. The average molecular weight is 409 g/mol. The number of piperidine rings is 1. The van der Waals surface area contributed by atoms with Gasteiger partial charge in [0, 0.05) is 43.3 Å². The molecule has 2 heterocycles. The van der Waals surface area contributed by atoms with Gasteiger partial charge in [0.05, 0.1) is 5.92 Å². The molecule has 1 fully saturated rings. The summed E-state index contributed by atoms with van der Waals surface area (Å²) in [5, 5.41) is 6.67. The Morgan fingerprint density at radius 3 is 2.47 bits per heavy atom. The second kappa shape index (κ2) is 9.63. The third-order valence-electron chi connectivity index (χ3n) is 6.46. The lowest BCUT2D eigenvalue weighted by atomic mass is 9.69. The Morgan fingerprint density at radius 1 is 1.13 bits per heavy atom. The summed E-state index contributed by atoms with van der Waals surface area (Å²) >= 11 is 0. The normalized spacial score (nSPS) is 19.3. The van der Waals surface area contributed by atoms with E-state index in [4.69, 9.17) is 9.47 Å². The number of nitrogens with one attached hydrogen (secondary N) is 2. The van der Waals surface area contributed by atoms with Crippen LogP contribution >= 0.6 is 0 Å². The standard InChI is InChI=1S/C25H32N2O3/c1-29-16-7-6-14-25(18-27-24(28)19-9-8-15-26-17-19)20-10-2-4-12-22(20)30-23-13-5-3-11-21(23)25/h2-5,10-13,19,26H,6-9,14-18H2,1H3,(H,27,28). The Hall–Kier alpha value is -2.37. The number of hydrogen-bond acceptors (Lipinski definition) is 4. The largest absolute Gasteiger partial charge is 0.457 e. The molecule has 5 heteroatoms. The number of carbonyl (C=O) groups is 1. The lowest BCUT2D eigenvalue weighted by Gasteiger charge is -2.41. The van der Waals surface area contributed by atoms with Gasteiger partial charge in [0.1, 0.15) is 11.5 Å². The molecule has 4 rings (SSSR count). The van der Waals surface area contributed by atoms with E-state index in [-0.39, 0.29) is 17.2 Å². The van der Waals surface area contributed by atoms with Crippen LogP contribution in [0.1, 0.15) is 43.2 Å². The van der Waals surface area contributed by atoms with E-state index in [1.807, 2.05) is 24.3 Å². The molecule has 0 bridgehead atoms. The van der Waals surface area contributed by atoms with E-state index < -0.39 is 0 Å². The SMILES string of the molecule is COCCCCC1(CNC(=O)C2CCCNC2)c2ccccc2Oc2ccccc21. The predicted octanol–water partition coefficient (Wildman–Crippen LogP) is 4.01. The third kappa shape index (κ3) is 4.23. The number of fused-ring (bicyclic) bond motifs is 2. The van der Waals surface area contributed by atoms with Gasteiger partial charge in [-0.05, 0) is 50.8 Å². The Kier molecular flexibility index (Phi) is 6.70. The van der Waals surface area contributed by atoms with Crippen LogP contribution in [0.3, 0.4) is 0 Å². The van der Waals surface area contributed by atoms with Crippen LogP contribution in [-0.2, 0) is 14.9 Å². The number of unbranched alkanes of at least 4 members (excludes halogenated alkanes) is 1. The van der Waals surface area contributed by atoms with Crippen LogP contribution in [0.4, 0.5) is 0 Å². The fourth-order valence-corrected chi connectivity index (χ4v) is 4.84. The first-order valence-corrected chi connectivity index (χ1v) is 11.1. The van der Waals surface area contributed by atoms with Crippen molar-refractivity contribution in [2.75, 3.05) is 33.4 Å². The maximum atomic E-state index is 13.0. The minimum Gasteiger partial charge on any atom is -0.457 e. The highest BCUT2D eigenvalue weighted by molar-refractivity contribution is 5.79. The summed E-state index contributed by atoms with van der Waals surface area (Å²) in [6.07, 6.45) is 4.94. The van der Waals surface area contributed by atoms with Crippen LogP contribution in [0.25, 0.3) is 0 Å². The van der Waals surface area contributed by atoms with Gasteiger partial charge in [-0.2, -0.15) is 0 Å².